The van der Waals surface area contributed by atoms with Crippen LogP contribution < -0.4 is 10.2 Å². The molecule has 8 nitrogen and oxygen atoms in total. The number of nitrogens with zero attached hydrogens (tertiary/aromatic N) is 4. The SMILES string of the molecule is O=C(NCCCS(=O)(=O)N1CCN(c2ccccc2F)CC1)c1cnccn1. The van der Waals surface area contributed by atoms with E-state index in [4.69, 9.17) is 0 Å². The monoisotopic (exact) mass is 407 g/mol. The third kappa shape index (κ3) is 5.02. The van der Waals surface area contributed by atoms with E-state index in [0.717, 1.165) is 0 Å². The number of nitrogens with one attached hydrogen (secondary N) is 1. The van der Waals surface area contributed by atoms with Crippen LogP contribution in [0.5, 0.6) is 0 Å². The lowest BCUT2D eigenvalue weighted by molar-refractivity contribution is 0.0948. The molecule has 150 valence electrons. The number of piperazine rings is 1. The van der Waals surface area contributed by atoms with E-state index < -0.39 is 10.0 Å². The molecule has 0 unspecified atom stereocenters. The van der Waals surface area contributed by atoms with E-state index in [-0.39, 0.29) is 29.7 Å². The van der Waals surface area contributed by atoms with Gasteiger partial charge in [-0.3, -0.25) is 9.78 Å². The molecule has 2 heterocycles. The standard InChI is InChI=1S/C18H22FN5O3S/c19-15-4-1-2-5-17(15)23-9-11-24(12-10-23)28(26,27)13-3-6-22-18(25)16-14-20-7-8-21-16/h1-2,4-5,7-8,14H,3,6,9-13H2,(H,22,25). The molecule has 1 aromatic carbocycles. The predicted octanol–water partition coefficient (Wildman–Crippen LogP) is 0.888. The highest BCUT2D eigenvalue weighted by molar-refractivity contribution is 7.89. The van der Waals surface area contributed by atoms with Crippen molar-refractivity contribution < 1.29 is 17.6 Å². The smallest absolute Gasteiger partial charge is 0.271 e. The van der Waals surface area contributed by atoms with Crippen LogP contribution in [0.3, 0.4) is 0 Å². The van der Waals surface area contributed by atoms with Gasteiger partial charge in [-0.05, 0) is 18.6 Å². The number of hydrogen-bond donors (Lipinski definition) is 1. The summed E-state index contributed by atoms with van der Waals surface area (Å²) in [6.07, 6.45) is 4.53. The second-order valence-corrected chi connectivity index (χ2v) is 8.44. The van der Waals surface area contributed by atoms with Gasteiger partial charge in [0.2, 0.25) is 10.0 Å². The average molecular weight is 407 g/mol. The van der Waals surface area contributed by atoms with Crippen LogP contribution in [0.1, 0.15) is 16.9 Å². The quantitative estimate of drug-likeness (QED) is 0.685. The van der Waals surface area contributed by atoms with Gasteiger partial charge in [-0.1, -0.05) is 12.1 Å². The number of anilines is 1. The molecule has 3 rings (SSSR count). The minimum absolute atomic E-state index is 0.0621. The fourth-order valence-electron chi connectivity index (χ4n) is 3.01. The second kappa shape index (κ2) is 9.07. The number of halogens is 1. The van der Waals surface area contributed by atoms with Crippen LogP contribution in [0.15, 0.2) is 42.9 Å². The van der Waals surface area contributed by atoms with Crippen LogP contribution >= 0.6 is 0 Å². The lowest BCUT2D eigenvalue weighted by Crippen LogP contribution is -2.49. The van der Waals surface area contributed by atoms with Crippen molar-refractivity contribution in [3.63, 3.8) is 0 Å². The third-order valence-electron chi connectivity index (χ3n) is 4.49. The van der Waals surface area contributed by atoms with Crippen molar-refractivity contribution in [1.29, 1.82) is 0 Å². The maximum absolute atomic E-state index is 13.9. The zero-order chi connectivity index (χ0) is 20.0. The lowest BCUT2D eigenvalue weighted by Gasteiger charge is -2.35. The van der Waals surface area contributed by atoms with Crippen molar-refractivity contribution in [3.8, 4) is 0 Å². The number of para-hydroxylation sites is 1. The zero-order valence-electron chi connectivity index (χ0n) is 15.3. The first-order valence-electron chi connectivity index (χ1n) is 8.99. The van der Waals surface area contributed by atoms with Crippen LogP contribution in [0.4, 0.5) is 10.1 Å². The summed E-state index contributed by atoms with van der Waals surface area (Å²) < 4.78 is 40.3. The number of aromatic nitrogens is 2. The van der Waals surface area contributed by atoms with Crippen LogP contribution in [-0.2, 0) is 10.0 Å². The van der Waals surface area contributed by atoms with Crippen LogP contribution in [0.2, 0.25) is 0 Å². The van der Waals surface area contributed by atoms with Crippen molar-refractivity contribution in [2.45, 2.75) is 6.42 Å². The minimum atomic E-state index is -3.43. The van der Waals surface area contributed by atoms with Gasteiger partial charge in [-0.15, -0.1) is 0 Å². The van der Waals surface area contributed by atoms with E-state index in [1.54, 1.807) is 18.2 Å². The number of carbonyl (C=O) groups is 1. The number of hydrogen-bond acceptors (Lipinski definition) is 6. The van der Waals surface area contributed by atoms with Crippen molar-refractivity contribution in [2.75, 3.05) is 43.4 Å². The molecule has 1 fully saturated rings. The summed E-state index contributed by atoms with van der Waals surface area (Å²) >= 11 is 0. The Bertz CT molecular complexity index is 902. The molecular formula is C18H22FN5O3S. The van der Waals surface area contributed by atoms with Crippen molar-refractivity contribution in [3.05, 3.63) is 54.4 Å². The normalized spacial score (nSPS) is 15.4. The number of benzene rings is 1. The first kappa shape index (κ1) is 20.2. The minimum Gasteiger partial charge on any atom is -0.367 e. The number of amides is 1. The van der Waals surface area contributed by atoms with Gasteiger partial charge in [0.05, 0.1) is 17.6 Å². The molecule has 1 amide bonds. The number of carbonyl (C=O) groups excluding carboxylic acids is 1. The Morgan fingerprint density at radius 1 is 1.14 bits per heavy atom. The maximum Gasteiger partial charge on any atom is 0.271 e. The Morgan fingerprint density at radius 3 is 2.57 bits per heavy atom. The summed E-state index contributed by atoms with van der Waals surface area (Å²) in [5.41, 5.74) is 0.681. The van der Waals surface area contributed by atoms with Gasteiger partial charge in [-0.2, -0.15) is 4.31 Å². The predicted molar refractivity (Wildman–Crippen MR) is 103 cm³/mol. The second-order valence-electron chi connectivity index (χ2n) is 6.35. The Morgan fingerprint density at radius 2 is 1.89 bits per heavy atom. The van der Waals surface area contributed by atoms with E-state index in [0.29, 0.717) is 38.3 Å². The molecule has 0 saturated carbocycles. The molecule has 2 aromatic rings. The Hall–Kier alpha value is -2.59. The third-order valence-corrected chi connectivity index (χ3v) is 6.44. The molecule has 0 bridgehead atoms. The average Bonchev–Trinajstić information content (AvgIpc) is 2.72. The number of sulfonamides is 1. The molecule has 1 aromatic heterocycles. The molecule has 0 spiro atoms. The van der Waals surface area contributed by atoms with Gasteiger partial charge in [0.1, 0.15) is 11.5 Å². The molecular weight excluding hydrogens is 385 g/mol. The largest absolute Gasteiger partial charge is 0.367 e. The van der Waals surface area contributed by atoms with Crippen LogP contribution in [0.25, 0.3) is 0 Å². The van der Waals surface area contributed by atoms with E-state index in [9.17, 15) is 17.6 Å². The summed E-state index contributed by atoms with van der Waals surface area (Å²) in [5, 5.41) is 2.63. The first-order chi connectivity index (χ1) is 13.5. The lowest BCUT2D eigenvalue weighted by atomic mass is 10.2. The van der Waals surface area contributed by atoms with Gasteiger partial charge < -0.3 is 10.2 Å². The van der Waals surface area contributed by atoms with E-state index in [1.807, 2.05) is 4.90 Å². The van der Waals surface area contributed by atoms with Crippen molar-refractivity contribution in [2.24, 2.45) is 0 Å². The molecule has 0 aliphatic carbocycles. The molecule has 1 N–H and O–H groups in total. The summed E-state index contributed by atoms with van der Waals surface area (Å²) in [5.74, 6) is -0.755. The first-order valence-corrected chi connectivity index (χ1v) is 10.6. The van der Waals surface area contributed by atoms with E-state index >= 15 is 0 Å². The maximum atomic E-state index is 13.9. The number of rotatable bonds is 7. The van der Waals surface area contributed by atoms with Gasteiger partial charge in [0.25, 0.3) is 5.91 Å². The van der Waals surface area contributed by atoms with Crippen LogP contribution in [-0.4, -0.2) is 67.1 Å². The molecule has 28 heavy (non-hydrogen) atoms. The highest BCUT2D eigenvalue weighted by Crippen LogP contribution is 2.21. The highest BCUT2D eigenvalue weighted by atomic mass is 32.2. The summed E-state index contributed by atoms with van der Waals surface area (Å²) in [6.45, 7) is 1.71. The van der Waals surface area contributed by atoms with E-state index in [1.165, 1.54) is 29.0 Å². The zero-order valence-corrected chi connectivity index (χ0v) is 16.1. The van der Waals surface area contributed by atoms with Gasteiger partial charge >= 0.3 is 0 Å². The fraction of sp³-hybridized carbons (Fsp3) is 0.389. The summed E-state index contributed by atoms with van der Waals surface area (Å²) in [4.78, 5) is 21.4. The highest BCUT2D eigenvalue weighted by Gasteiger charge is 2.27. The molecule has 1 saturated heterocycles. The fourth-order valence-corrected chi connectivity index (χ4v) is 4.49. The van der Waals surface area contributed by atoms with Crippen molar-refractivity contribution >= 4 is 21.6 Å². The molecule has 1 aliphatic heterocycles. The van der Waals surface area contributed by atoms with Gasteiger partial charge in [-0.25, -0.2) is 17.8 Å². The molecule has 10 heteroatoms. The van der Waals surface area contributed by atoms with Gasteiger partial charge in [0.15, 0.2) is 0 Å². The van der Waals surface area contributed by atoms with Crippen molar-refractivity contribution in [1.82, 2.24) is 19.6 Å². The van der Waals surface area contributed by atoms with Gasteiger partial charge in [0, 0.05) is 45.1 Å². The Labute approximate surface area is 163 Å². The Balaban J connectivity index is 1.44. The van der Waals surface area contributed by atoms with Crippen LogP contribution in [0, 0.1) is 5.82 Å². The van der Waals surface area contributed by atoms with E-state index in [2.05, 4.69) is 15.3 Å². The topological polar surface area (TPSA) is 95.5 Å². The summed E-state index contributed by atoms with van der Waals surface area (Å²) in [7, 11) is -3.43. The molecule has 0 atom stereocenters. The molecule has 0 radical (unpaired) electrons. The molecule has 1 aliphatic rings. The summed E-state index contributed by atoms with van der Waals surface area (Å²) in [6, 6.07) is 6.48. The Kier molecular flexibility index (Phi) is 6.53.